The van der Waals surface area contributed by atoms with Crippen molar-refractivity contribution >= 4 is 28.5 Å². The molecule has 140 valence electrons. The van der Waals surface area contributed by atoms with Gasteiger partial charge in [-0.1, -0.05) is 0 Å². The molecule has 0 spiro atoms. The second-order valence-corrected chi connectivity index (χ2v) is 6.86. The molecule has 8 nitrogen and oxygen atoms in total. The lowest BCUT2D eigenvalue weighted by Crippen LogP contribution is -2.43. The minimum atomic E-state index is -0.261. The van der Waals surface area contributed by atoms with Gasteiger partial charge in [0.05, 0.1) is 29.8 Å². The maximum absolute atomic E-state index is 12.7. The average Bonchev–Trinajstić information content (AvgIpc) is 3.30. The molecular formula is C19H21N5O3. The van der Waals surface area contributed by atoms with Crippen LogP contribution in [0.5, 0.6) is 0 Å². The predicted molar refractivity (Wildman–Crippen MR) is 99.2 cm³/mol. The standard InChI is InChI=1S/C19H21N5O3/c1-12-15-9-14(10-20-17(15)23(2)22-12)21-18(25)13-5-3-7-24(11-13)19(26)16-6-4-8-27-16/h4,6,8-10,13H,3,5,7,11H2,1-2H3,(H,21,25). The normalized spacial score (nSPS) is 17.3. The second-order valence-electron chi connectivity index (χ2n) is 6.86. The molecule has 1 unspecified atom stereocenters. The van der Waals surface area contributed by atoms with Crippen molar-refractivity contribution in [2.24, 2.45) is 13.0 Å². The van der Waals surface area contributed by atoms with Crippen LogP contribution in [0.2, 0.25) is 0 Å². The number of piperidine rings is 1. The Morgan fingerprint density at radius 3 is 3.00 bits per heavy atom. The van der Waals surface area contributed by atoms with Crippen molar-refractivity contribution in [2.45, 2.75) is 19.8 Å². The third kappa shape index (κ3) is 3.30. The Morgan fingerprint density at radius 1 is 1.37 bits per heavy atom. The lowest BCUT2D eigenvalue weighted by molar-refractivity contribution is -0.121. The monoisotopic (exact) mass is 367 g/mol. The largest absolute Gasteiger partial charge is 0.459 e. The number of anilines is 1. The minimum absolute atomic E-state index is 0.102. The number of likely N-dealkylation sites (tertiary alicyclic amines) is 1. The molecule has 4 rings (SSSR count). The van der Waals surface area contributed by atoms with Gasteiger partial charge in [0.2, 0.25) is 5.91 Å². The van der Waals surface area contributed by atoms with Crippen LogP contribution in [0.15, 0.2) is 35.1 Å². The number of hydrogen-bond acceptors (Lipinski definition) is 5. The Hall–Kier alpha value is -3.16. The van der Waals surface area contributed by atoms with Crippen molar-refractivity contribution in [3.8, 4) is 0 Å². The molecule has 8 heteroatoms. The quantitative estimate of drug-likeness (QED) is 0.767. The molecule has 0 aliphatic carbocycles. The van der Waals surface area contributed by atoms with E-state index in [1.165, 1.54) is 6.26 Å². The summed E-state index contributed by atoms with van der Waals surface area (Å²) in [5.41, 5.74) is 2.28. The van der Waals surface area contributed by atoms with Crippen molar-refractivity contribution in [1.29, 1.82) is 0 Å². The highest BCUT2D eigenvalue weighted by molar-refractivity contribution is 5.96. The fraction of sp³-hybridized carbons (Fsp3) is 0.368. The lowest BCUT2D eigenvalue weighted by Gasteiger charge is -2.31. The van der Waals surface area contributed by atoms with Crippen LogP contribution in [0.4, 0.5) is 5.69 Å². The van der Waals surface area contributed by atoms with E-state index in [4.69, 9.17) is 4.42 Å². The Labute approximate surface area is 156 Å². The number of furan rings is 1. The minimum Gasteiger partial charge on any atom is -0.459 e. The summed E-state index contributed by atoms with van der Waals surface area (Å²) in [6.07, 6.45) is 4.64. The van der Waals surface area contributed by atoms with Crippen LogP contribution in [0.25, 0.3) is 11.0 Å². The zero-order chi connectivity index (χ0) is 19.0. The van der Waals surface area contributed by atoms with E-state index in [0.29, 0.717) is 24.5 Å². The first-order chi connectivity index (χ1) is 13.0. The number of aryl methyl sites for hydroxylation is 2. The number of fused-ring (bicyclic) bond motifs is 1. The van der Waals surface area contributed by atoms with Crippen LogP contribution in [-0.2, 0) is 11.8 Å². The molecule has 3 aromatic heterocycles. The van der Waals surface area contributed by atoms with Gasteiger partial charge in [-0.3, -0.25) is 14.3 Å². The summed E-state index contributed by atoms with van der Waals surface area (Å²) in [4.78, 5) is 31.2. The Morgan fingerprint density at radius 2 is 2.22 bits per heavy atom. The van der Waals surface area contributed by atoms with Gasteiger partial charge in [-0.25, -0.2) is 4.98 Å². The number of carbonyl (C=O) groups excluding carboxylic acids is 2. The number of amides is 2. The molecule has 1 aliphatic rings. The molecule has 0 saturated carbocycles. The highest BCUT2D eigenvalue weighted by atomic mass is 16.3. The van der Waals surface area contributed by atoms with Gasteiger partial charge < -0.3 is 14.6 Å². The van der Waals surface area contributed by atoms with Crippen molar-refractivity contribution in [3.05, 3.63) is 42.1 Å². The van der Waals surface area contributed by atoms with Crippen LogP contribution < -0.4 is 5.32 Å². The molecule has 0 bridgehead atoms. The summed E-state index contributed by atoms with van der Waals surface area (Å²) in [6.45, 7) is 2.92. The second kappa shape index (κ2) is 6.86. The fourth-order valence-corrected chi connectivity index (χ4v) is 3.55. The molecule has 27 heavy (non-hydrogen) atoms. The molecule has 4 heterocycles. The Kier molecular flexibility index (Phi) is 4.39. The van der Waals surface area contributed by atoms with Gasteiger partial charge in [-0.2, -0.15) is 5.10 Å². The van der Waals surface area contributed by atoms with Crippen molar-refractivity contribution in [2.75, 3.05) is 18.4 Å². The van der Waals surface area contributed by atoms with Gasteiger partial charge in [-0.05, 0) is 38.0 Å². The van der Waals surface area contributed by atoms with Crippen LogP contribution >= 0.6 is 0 Å². The van der Waals surface area contributed by atoms with Crippen LogP contribution in [0.3, 0.4) is 0 Å². The summed E-state index contributed by atoms with van der Waals surface area (Å²) in [6, 6.07) is 5.21. The van der Waals surface area contributed by atoms with E-state index in [1.807, 2.05) is 20.0 Å². The van der Waals surface area contributed by atoms with Gasteiger partial charge >= 0.3 is 0 Å². The maximum atomic E-state index is 12.7. The highest BCUT2D eigenvalue weighted by Gasteiger charge is 2.30. The number of pyridine rings is 1. The van der Waals surface area contributed by atoms with Crippen LogP contribution in [-0.4, -0.2) is 44.6 Å². The van der Waals surface area contributed by atoms with E-state index >= 15 is 0 Å². The number of nitrogens with one attached hydrogen (secondary N) is 1. The average molecular weight is 367 g/mol. The topological polar surface area (TPSA) is 93.3 Å². The molecular weight excluding hydrogens is 346 g/mol. The first-order valence-electron chi connectivity index (χ1n) is 8.96. The molecule has 1 N–H and O–H groups in total. The van der Waals surface area contributed by atoms with Crippen molar-refractivity contribution in [1.82, 2.24) is 19.7 Å². The number of nitrogens with zero attached hydrogens (tertiary/aromatic N) is 4. The molecule has 1 aliphatic heterocycles. The smallest absolute Gasteiger partial charge is 0.289 e. The van der Waals surface area contributed by atoms with E-state index in [0.717, 1.165) is 29.6 Å². The number of hydrogen-bond donors (Lipinski definition) is 1. The maximum Gasteiger partial charge on any atom is 0.289 e. The highest BCUT2D eigenvalue weighted by Crippen LogP contribution is 2.23. The van der Waals surface area contributed by atoms with Crippen molar-refractivity contribution in [3.63, 3.8) is 0 Å². The summed E-state index contributed by atoms with van der Waals surface area (Å²) in [5.74, 6) is -0.234. The third-order valence-corrected chi connectivity index (χ3v) is 4.94. The van der Waals surface area contributed by atoms with E-state index < -0.39 is 0 Å². The van der Waals surface area contributed by atoms with Crippen molar-refractivity contribution < 1.29 is 14.0 Å². The van der Waals surface area contributed by atoms with E-state index in [1.54, 1.807) is 27.9 Å². The number of rotatable bonds is 3. The van der Waals surface area contributed by atoms with Gasteiger partial charge in [-0.15, -0.1) is 0 Å². The molecule has 1 atom stereocenters. The molecule has 0 aromatic carbocycles. The summed E-state index contributed by atoms with van der Waals surface area (Å²) >= 11 is 0. The zero-order valence-corrected chi connectivity index (χ0v) is 15.3. The fourth-order valence-electron chi connectivity index (χ4n) is 3.55. The first kappa shape index (κ1) is 17.3. The Balaban J connectivity index is 1.46. The molecule has 3 aromatic rings. The van der Waals surface area contributed by atoms with Gasteiger partial charge in [0.15, 0.2) is 11.4 Å². The van der Waals surface area contributed by atoms with Gasteiger partial charge in [0.25, 0.3) is 5.91 Å². The van der Waals surface area contributed by atoms with E-state index in [2.05, 4.69) is 15.4 Å². The predicted octanol–water partition coefficient (Wildman–Crippen LogP) is 2.36. The Bertz CT molecular complexity index is 992. The van der Waals surface area contributed by atoms with Crippen LogP contribution in [0.1, 0.15) is 29.1 Å². The molecule has 1 saturated heterocycles. The number of aromatic nitrogens is 3. The summed E-state index contributed by atoms with van der Waals surface area (Å²) in [7, 11) is 1.84. The van der Waals surface area contributed by atoms with Gasteiger partial charge in [0, 0.05) is 25.5 Å². The van der Waals surface area contributed by atoms with Gasteiger partial charge in [0.1, 0.15) is 0 Å². The zero-order valence-electron chi connectivity index (χ0n) is 15.3. The molecule has 0 radical (unpaired) electrons. The first-order valence-corrected chi connectivity index (χ1v) is 8.96. The molecule has 2 amide bonds. The third-order valence-electron chi connectivity index (χ3n) is 4.94. The van der Waals surface area contributed by atoms with E-state index in [-0.39, 0.29) is 17.7 Å². The van der Waals surface area contributed by atoms with Crippen LogP contribution in [0, 0.1) is 12.8 Å². The SMILES string of the molecule is Cc1nn(C)c2ncc(NC(=O)C3CCCN(C(=O)c4ccco4)C3)cc12. The summed E-state index contributed by atoms with van der Waals surface area (Å²) in [5, 5.41) is 8.19. The van der Waals surface area contributed by atoms with E-state index in [9.17, 15) is 9.59 Å². The lowest BCUT2D eigenvalue weighted by atomic mass is 9.96. The number of carbonyl (C=O) groups is 2. The summed E-state index contributed by atoms with van der Waals surface area (Å²) < 4.78 is 6.90. The molecule has 1 fully saturated rings.